The van der Waals surface area contributed by atoms with E-state index in [1.54, 1.807) is 18.3 Å². The Hall–Kier alpha value is -2.50. The van der Waals surface area contributed by atoms with Crippen LogP contribution in [-0.4, -0.2) is 33.9 Å². The van der Waals surface area contributed by atoms with Crippen LogP contribution in [0.1, 0.15) is 35.8 Å². The van der Waals surface area contributed by atoms with Crippen LogP contribution in [0.25, 0.3) is 0 Å². The van der Waals surface area contributed by atoms with E-state index >= 15 is 0 Å². The van der Waals surface area contributed by atoms with Crippen molar-refractivity contribution in [3.05, 3.63) is 53.7 Å². The van der Waals surface area contributed by atoms with Crippen LogP contribution in [0.4, 0.5) is 10.2 Å². The zero-order valence-electron chi connectivity index (χ0n) is 13.7. The summed E-state index contributed by atoms with van der Waals surface area (Å²) in [5.74, 6) is 0.808. The van der Waals surface area contributed by atoms with Gasteiger partial charge in [0, 0.05) is 19.6 Å². The van der Waals surface area contributed by atoms with Crippen molar-refractivity contribution >= 4 is 11.7 Å². The Morgan fingerprint density at radius 1 is 1.29 bits per heavy atom. The number of carbonyl (C=O) groups excluding carboxylic acids is 1. The van der Waals surface area contributed by atoms with Crippen molar-refractivity contribution in [1.82, 2.24) is 14.9 Å². The van der Waals surface area contributed by atoms with Crippen molar-refractivity contribution in [2.45, 2.75) is 26.3 Å². The Morgan fingerprint density at radius 2 is 2.08 bits per heavy atom. The molecule has 2 aromatic rings. The summed E-state index contributed by atoms with van der Waals surface area (Å²) in [7, 11) is 0. The van der Waals surface area contributed by atoms with E-state index in [0.717, 1.165) is 25.1 Å². The molecule has 1 fully saturated rings. The van der Waals surface area contributed by atoms with Crippen LogP contribution in [0.3, 0.4) is 0 Å². The fourth-order valence-corrected chi connectivity index (χ4v) is 2.86. The molecule has 1 aromatic heterocycles. The van der Waals surface area contributed by atoms with Crippen LogP contribution in [0.2, 0.25) is 0 Å². The number of likely N-dealkylation sites (tertiary alicyclic amines) is 1. The topological polar surface area (TPSA) is 58.1 Å². The molecule has 1 saturated heterocycles. The van der Waals surface area contributed by atoms with Gasteiger partial charge in [0.2, 0.25) is 0 Å². The molecular formula is C18H21FN4O. The van der Waals surface area contributed by atoms with Crippen LogP contribution < -0.4 is 5.32 Å². The summed E-state index contributed by atoms with van der Waals surface area (Å²) in [5, 5.41) is 3.11. The third-order valence-corrected chi connectivity index (χ3v) is 4.20. The molecule has 0 radical (unpaired) electrons. The third-order valence-electron chi connectivity index (χ3n) is 4.20. The van der Waals surface area contributed by atoms with E-state index in [9.17, 15) is 9.18 Å². The average Bonchev–Trinajstić information content (AvgIpc) is 2.61. The second-order valence-electron chi connectivity index (χ2n) is 6.27. The number of anilines is 1. The number of aromatic nitrogens is 2. The second-order valence-corrected chi connectivity index (χ2v) is 6.27. The molecule has 126 valence electrons. The smallest absolute Gasteiger partial charge is 0.274 e. The molecule has 1 N–H and O–H groups in total. The van der Waals surface area contributed by atoms with E-state index < -0.39 is 0 Å². The normalized spacial score (nSPS) is 17.6. The number of amides is 1. The molecule has 0 spiro atoms. The number of rotatable bonds is 4. The summed E-state index contributed by atoms with van der Waals surface area (Å²) in [6.07, 6.45) is 5.28. The Kier molecular flexibility index (Phi) is 5.03. The van der Waals surface area contributed by atoms with Crippen molar-refractivity contribution < 1.29 is 9.18 Å². The monoisotopic (exact) mass is 328 g/mol. The van der Waals surface area contributed by atoms with E-state index in [1.165, 1.54) is 24.8 Å². The van der Waals surface area contributed by atoms with E-state index in [1.807, 2.05) is 4.90 Å². The molecule has 1 aromatic carbocycles. The molecule has 1 atom stereocenters. The van der Waals surface area contributed by atoms with Crippen LogP contribution in [-0.2, 0) is 6.54 Å². The summed E-state index contributed by atoms with van der Waals surface area (Å²) in [4.78, 5) is 22.8. The van der Waals surface area contributed by atoms with Gasteiger partial charge >= 0.3 is 0 Å². The number of nitrogens with one attached hydrogen (secondary N) is 1. The number of halogens is 1. The van der Waals surface area contributed by atoms with Gasteiger partial charge < -0.3 is 10.2 Å². The minimum atomic E-state index is -0.256. The van der Waals surface area contributed by atoms with Crippen LogP contribution in [0.5, 0.6) is 0 Å². The lowest BCUT2D eigenvalue weighted by Gasteiger charge is -2.30. The lowest BCUT2D eigenvalue weighted by Crippen LogP contribution is -2.39. The van der Waals surface area contributed by atoms with Crippen molar-refractivity contribution in [2.75, 3.05) is 18.4 Å². The van der Waals surface area contributed by atoms with E-state index in [2.05, 4.69) is 22.2 Å². The highest BCUT2D eigenvalue weighted by molar-refractivity contribution is 5.92. The third kappa shape index (κ3) is 4.07. The molecule has 24 heavy (non-hydrogen) atoms. The standard InChI is InChI=1S/C18H21FN4O/c1-13-3-2-8-23(12-13)18(24)16-10-22-17(11-20-16)21-9-14-4-6-15(19)7-5-14/h4-7,10-11,13H,2-3,8-9,12H2,1H3,(H,21,22). The first-order chi connectivity index (χ1) is 11.6. The number of hydrogen-bond acceptors (Lipinski definition) is 4. The maximum absolute atomic E-state index is 12.9. The zero-order chi connectivity index (χ0) is 16.9. The molecule has 5 nitrogen and oxygen atoms in total. The van der Waals surface area contributed by atoms with Crippen molar-refractivity contribution in [3.63, 3.8) is 0 Å². The van der Waals surface area contributed by atoms with Crippen molar-refractivity contribution in [3.8, 4) is 0 Å². The van der Waals surface area contributed by atoms with E-state index in [4.69, 9.17) is 0 Å². The molecule has 1 aliphatic rings. The Bertz CT molecular complexity index is 687. The largest absolute Gasteiger partial charge is 0.365 e. The first kappa shape index (κ1) is 16.4. The summed E-state index contributed by atoms with van der Waals surface area (Å²) >= 11 is 0. The number of carbonyl (C=O) groups is 1. The molecular weight excluding hydrogens is 307 g/mol. The fraction of sp³-hybridized carbons (Fsp3) is 0.389. The van der Waals surface area contributed by atoms with Gasteiger partial charge in [0.05, 0.1) is 12.4 Å². The summed E-state index contributed by atoms with van der Waals surface area (Å²) in [6, 6.07) is 6.27. The van der Waals surface area contributed by atoms with Gasteiger partial charge in [-0.3, -0.25) is 4.79 Å². The van der Waals surface area contributed by atoms with Gasteiger partial charge in [-0.1, -0.05) is 19.1 Å². The minimum absolute atomic E-state index is 0.0564. The molecule has 0 aliphatic carbocycles. The van der Waals surface area contributed by atoms with Crippen LogP contribution in [0.15, 0.2) is 36.7 Å². The van der Waals surface area contributed by atoms with Crippen LogP contribution >= 0.6 is 0 Å². The SMILES string of the molecule is CC1CCCN(C(=O)c2cnc(NCc3ccc(F)cc3)cn2)C1. The predicted molar refractivity (Wildman–Crippen MR) is 90.1 cm³/mol. The molecule has 1 aliphatic heterocycles. The molecule has 3 rings (SSSR count). The van der Waals surface area contributed by atoms with Gasteiger partial charge in [0.25, 0.3) is 5.91 Å². The first-order valence-corrected chi connectivity index (χ1v) is 8.21. The lowest BCUT2D eigenvalue weighted by molar-refractivity contribution is 0.0676. The Labute approximate surface area is 140 Å². The van der Waals surface area contributed by atoms with Gasteiger partial charge in [-0.2, -0.15) is 0 Å². The molecule has 1 unspecified atom stereocenters. The minimum Gasteiger partial charge on any atom is -0.365 e. The van der Waals surface area contributed by atoms with E-state index in [0.29, 0.717) is 24.0 Å². The second kappa shape index (κ2) is 7.38. The van der Waals surface area contributed by atoms with Crippen LogP contribution in [0, 0.1) is 11.7 Å². The predicted octanol–water partition coefficient (Wildman–Crippen LogP) is 3.10. The zero-order valence-corrected chi connectivity index (χ0v) is 13.7. The number of benzene rings is 1. The van der Waals surface area contributed by atoms with Crippen molar-refractivity contribution in [1.29, 1.82) is 0 Å². The maximum atomic E-state index is 12.9. The number of piperidine rings is 1. The number of nitrogens with zero attached hydrogens (tertiary/aromatic N) is 3. The number of hydrogen-bond donors (Lipinski definition) is 1. The van der Waals surface area contributed by atoms with Gasteiger partial charge in [0.1, 0.15) is 17.3 Å². The van der Waals surface area contributed by atoms with Crippen molar-refractivity contribution in [2.24, 2.45) is 5.92 Å². The summed E-state index contributed by atoms with van der Waals surface area (Å²) < 4.78 is 12.9. The average molecular weight is 328 g/mol. The Morgan fingerprint density at radius 3 is 2.75 bits per heavy atom. The molecule has 0 saturated carbocycles. The highest BCUT2D eigenvalue weighted by Gasteiger charge is 2.23. The summed E-state index contributed by atoms with van der Waals surface area (Å²) in [6.45, 7) is 4.25. The fourth-order valence-electron chi connectivity index (χ4n) is 2.86. The molecule has 2 heterocycles. The lowest BCUT2D eigenvalue weighted by atomic mass is 10.0. The highest BCUT2D eigenvalue weighted by atomic mass is 19.1. The quantitative estimate of drug-likeness (QED) is 0.937. The Balaban J connectivity index is 1.58. The molecule has 1 amide bonds. The highest BCUT2D eigenvalue weighted by Crippen LogP contribution is 2.17. The van der Waals surface area contributed by atoms with E-state index in [-0.39, 0.29) is 11.7 Å². The van der Waals surface area contributed by atoms with Gasteiger partial charge in [0.15, 0.2) is 0 Å². The summed E-state index contributed by atoms with van der Waals surface area (Å²) in [5.41, 5.74) is 1.32. The van der Waals surface area contributed by atoms with Gasteiger partial charge in [-0.15, -0.1) is 0 Å². The molecule has 6 heteroatoms. The van der Waals surface area contributed by atoms with Gasteiger partial charge in [-0.05, 0) is 36.5 Å². The molecule has 0 bridgehead atoms. The first-order valence-electron chi connectivity index (χ1n) is 8.21. The maximum Gasteiger partial charge on any atom is 0.274 e. The van der Waals surface area contributed by atoms with Gasteiger partial charge in [-0.25, -0.2) is 14.4 Å².